The average Bonchev–Trinajstić information content (AvgIpc) is 3.11. The Labute approximate surface area is 155 Å². The van der Waals surface area contributed by atoms with E-state index in [0.29, 0.717) is 27.9 Å². The van der Waals surface area contributed by atoms with E-state index in [0.717, 1.165) is 11.0 Å². The number of benzene rings is 2. The number of aromatic nitrogens is 2. The van der Waals surface area contributed by atoms with Crippen LogP contribution in [0.25, 0.3) is 16.6 Å². The fourth-order valence-electron chi connectivity index (χ4n) is 3.26. The number of para-hydroxylation sites is 2. The van der Waals surface area contributed by atoms with Crippen molar-refractivity contribution < 1.29 is 9.84 Å². The molecule has 0 aliphatic carbocycles. The Morgan fingerprint density at radius 1 is 1.23 bits per heavy atom. The fraction of sp³-hybridized carbons (Fsp3) is 0.158. The number of methoxy groups -OCH3 is 1. The van der Waals surface area contributed by atoms with Gasteiger partial charge in [-0.3, -0.25) is 5.41 Å². The van der Waals surface area contributed by atoms with Gasteiger partial charge in [-0.15, -0.1) is 0 Å². The van der Waals surface area contributed by atoms with Crippen LogP contribution in [-0.4, -0.2) is 34.1 Å². The molecule has 4 rings (SSSR count). The molecule has 2 heterocycles. The Kier molecular flexibility index (Phi) is 3.85. The molecule has 132 valence electrons. The summed E-state index contributed by atoms with van der Waals surface area (Å²) >= 11 is 6.12. The summed E-state index contributed by atoms with van der Waals surface area (Å²) < 4.78 is 7.27. The molecule has 0 spiro atoms. The van der Waals surface area contributed by atoms with Gasteiger partial charge in [-0.25, -0.2) is 4.98 Å². The molecule has 2 N–H and O–H groups in total. The van der Waals surface area contributed by atoms with Crippen LogP contribution in [0.3, 0.4) is 0 Å². The minimum atomic E-state index is 0.0930. The summed E-state index contributed by atoms with van der Waals surface area (Å²) in [5.74, 6) is 1.38. The standard InChI is InChI=1S/C19H17ClN4O2/c1-23-13-6-4-3-5-12(13)22-19(23)17-15(25)10-24(18(17)21)14-9-11(20)7-8-16(14)26-2/h3-9,21,25H,10H2,1-2H3. The number of nitrogens with one attached hydrogen (secondary N) is 1. The number of halogens is 1. The first kappa shape index (κ1) is 16.5. The largest absolute Gasteiger partial charge is 0.509 e. The molecule has 3 aromatic rings. The highest BCUT2D eigenvalue weighted by molar-refractivity contribution is 6.33. The molecule has 2 aromatic carbocycles. The number of fused-ring (bicyclic) bond motifs is 1. The van der Waals surface area contributed by atoms with Gasteiger partial charge < -0.3 is 19.3 Å². The molecule has 7 heteroatoms. The van der Waals surface area contributed by atoms with Crippen molar-refractivity contribution in [3.8, 4) is 5.75 Å². The Morgan fingerprint density at radius 2 is 2.00 bits per heavy atom. The lowest BCUT2D eigenvalue weighted by Gasteiger charge is -2.21. The number of aliphatic hydroxyl groups excluding tert-OH is 1. The molecule has 0 atom stereocenters. The minimum Gasteiger partial charge on any atom is -0.509 e. The number of rotatable bonds is 3. The van der Waals surface area contributed by atoms with Crippen LogP contribution in [0.15, 0.2) is 48.2 Å². The van der Waals surface area contributed by atoms with Crippen LogP contribution in [0.4, 0.5) is 5.69 Å². The van der Waals surface area contributed by atoms with Gasteiger partial charge in [0.25, 0.3) is 0 Å². The zero-order chi connectivity index (χ0) is 18.4. The highest BCUT2D eigenvalue weighted by atomic mass is 35.5. The number of aryl methyl sites for hydroxylation is 1. The Bertz CT molecular complexity index is 1070. The molecule has 1 aliphatic rings. The molecule has 0 radical (unpaired) electrons. The number of hydrogen-bond donors (Lipinski definition) is 2. The quantitative estimate of drug-likeness (QED) is 0.732. The summed E-state index contributed by atoms with van der Waals surface area (Å²) in [4.78, 5) is 6.27. The normalized spacial score (nSPS) is 14.6. The van der Waals surface area contributed by atoms with Crippen LogP contribution >= 0.6 is 11.6 Å². The van der Waals surface area contributed by atoms with Gasteiger partial charge in [0, 0.05) is 12.1 Å². The summed E-state index contributed by atoms with van der Waals surface area (Å²) in [7, 11) is 3.44. The van der Waals surface area contributed by atoms with E-state index in [1.165, 1.54) is 0 Å². The van der Waals surface area contributed by atoms with E-state index in [4.69, 9.17) is 21.7 Å². The van der Waals surface area contributed by atoms with Gasteiger partial charge >= 0.3 is 0 Å². The summed E-state index contributed by atoms with van der Waals surface area (Å²) in [6.45, 7) is 0.161. The zero-order valence-electron chi connectivity index (χ0n) is 14.3. The monoisotopic (exact) mass is 368 g/mol. The zero-order valence-corrected chi connectivity index (χ0v) is 15.1. The van der Waals surface area contributed by atoms with Crippen LogP contribution in [0.1, 0.15) is 5.82 Å². The third kappa shape index (κ3) is 2.42. The predicted molar refractivity (Wildman–Crippen MR) is 103 cm³/mol. The first-order valence-corrected chi connectivity index (χ1v) is 8.43. The molecular weight excluding hydrogens is 352 g/mol. The van der Waals surface area contributed by atoms with Crippen molar-refractivity contribution in [2.24, 2.45) is 7.05 Å². The molecule has 0 fully saturated rings. The predicted octanol–water partition coefficient (Wildman–Crippen LogP) is 4.00. The van der Waals surface area contributed by atoms with Crippen LogP contribution in [0.5, 0.6) is 5.75 Å². The first-order chi connectivity index (χ1) is 12.5. The molecule has 0 unspecified atom stereocenters. The molecule has 26 heavy (non-hydrogen) atoms. The van der Waals surface area contributed by atoms with Crippen molar-refractivity contribution in [1.29, 1.82) is 5.41 Å². The highest BCUT2D eigenvalue weighted by Gasteiger charge is 2.33. The maximum atomic E-state index is 10.6. The molecule has 6 nitrogen and oxygen atoms in total. The molecule has 1 aromatic heterocycles. The number of aliphatic hydroxyl groups is 1. The lowest BCUT2D eigenvalue weighted by molar-refractivity contribution is 0.406. The Balaban J connectivity index is 1.80. The second-order valence-electron chi connectivity index (χ2n) is 6.06. The van der Waals surface area contributed by atoms with Crippen LogP contribution in [-0.2, 0) is 7.05 Å². The molecule has 1 aliphatic heterocycles. The second-order valence-corrected chi connectivity index (χ2v) is 6.49. The van der Waals surface area contributed by atoms with Gasteiger partial charge in [0.15, 0.2) is 0 Å². The third-order valence-corrected chi connectivity index (χ3v) is 4.78. The summed E-state index contributed by atoms with van der Waals surface area (Å²) in [5, 5.41) is 19.8. The van der Waals surface area contributed by atoms with Gasteiger partial charge in [0.1, 0.15) is 23.2 Å². The lowest BCUT2D eigenvalue weighted by Crippen LogP contribution is -2.27. The number of nitrogens with zero attached hydrogens (tertiary/aromatic N) is 3. The smallest absolute Gasteiger partial charge is 0.148 e. The molecular formula is C19H17ClN4O2. The van der Waals surface area contributed by atoms with Gasteiger partial charge in [-0.05, 0) is 30.3 Å². The number of ether oxygens (including phenoxy) is 1. The molecule has 0 saturated carbocycles. The van der Waals surface area contributed by atoms with Crippen LogP contribution < -0.4 is 9.64 Å². The topological polar surface area (TPSA) is 74.4 Å². The number of hydrogen-bond acceptors (Lipinski definition) is 4. The van der Waals surface area contributed by atoms with E-state index in [1.807, 2.05) is 35.9 Å². The second kappa shape index (κ2) is 6.07. The average molecular weight is 369 g/mol. The van der Waals surface area contributed by atoms with E-state index in [-0.39, 0.29) is 18.1 Å². The number of imidazole rings is 1. The first-order valence-electron chi connectivity index (χ1n) is 8.05. The molecule has 0 amide bonds. The SMILES string of the molecule is COc1ccc(Cl)cc1N1CC(O)=C(c2nc3ccccc3n2C)C1=N. The minimum absolute atomic E-state index is 0.0930. The molecule has 0 saturated heterocycles. The Hall–Kier alpha value is -2.99. The summed E-state index contributed by atoms with van der Waals surface area (Å²) in [6.07, 6.45) is 0. The molecule has 0 bridgehead atoms. The van der Waals surface area contributed by atoms with Crippen molar-refractivity contribution in [2.75, 3.05) is 18.6 Å². The van der Waals surface area contributed by atoms with Gasteiger partial charge in [-0.2, -0.15) is 0 Å². The van der Waals surface area contributed by atoms with E-state index >= 15 is 0 Å². The van der Waals surface area contributed by atoms with Crippen LogP contribution in [0, 0.1) is 5.41 Å². The van der Waals surface area contributed by atoms with E-state index in [1.54, 1.807) is 30.2 Å². The van der Waals surface area contributed by atoms with Gasteiger partial charge in [-0.1, -0.05) is 23.7 Å². The maximum Gasteiger partial charge on any atom is 0.148 e. The van der Waals surface area contributed by atoms with E-state index in [2.05, 4.69) is 4.98 Å². The van der Waals surface area contributed by atoms with Crippen LogP contribution in [0.2, 0.25) is 5.02 Å². The van der Waals surface area contributed by atoms with Crippen molar-refractivity contribution in [3.63, 3.8) is 0 Å². The maximum absolute atomic E-state index is 10.6. The van der Waals surface area contributed by atoms with Crippen molar-refractivity contribution in [2.45, 2.75) is 0 Å². The van der Waals surface area contributed by atoms with Crippen molar-refractivity contribution >= 4 is 39.7 Å². The lowest BCUT2D eigenvalue weighted by atomic mass is 10.2. The van der Waals surface area contributed by atoms with Gasteiger partial charge in [0.05, 0.1) is 35.9 Å². The van der Waals surface area contributed by atoms with E-state index < -0.39 is 0 Å². The van der Waals surface area contributed by atoms with Gasteiger partial charge in [0.2, 0.25) is 0 Å². The Morgan fingerprint density at radius 3 is 2.73 bits per heavy atom. The summed E-state index contributed by atoms with van der Waals surface area (Å²) in [6, 6.07) is 12.9. The summed E-state index contributed by atoms with van der Waals surface area (Å²) in [5.41, 5.74) is 2.79. The highest BCUT2D eigenvalue weighted by Crippen LogP contribution is 2.37. The van der Waals surface area contributed by atoms with Crippen molar-refractivity contribution in [3.05, 3.63) is 59.1 Å². The van der Waals surface area contributed by atoms with E-state index in [9.17, 15) is 5.11 Å². The number of amidine groups is 1. The van der Waals surface area contributed by atoms with Crippen molar-refractivity contribution in [1.82, 2.24) is 9.55 Å². The number of anilines is 1. The third-order valence-electron chi connectivity index (χ3n) is 4.55. The fourth-order valence-corrected chi connectivity index (χ4v) is 3.43.